The van der Waals surface area contributed by atoms with E-state index in [0.717, 1.165) is 52.6 Å². The van der Waals surface area contributed by atoms with Crippen molar-refractivity contribution < 1.29 is 41.4 Å². The molecule has 11 aromatic rings. The lowest BCUT2D eigenvalue weighted by Gasteiger charge is -2.44. The zero-order valence-corrected chi connectivity index (χ0v) is 65.3. The van der Waals surface area contributed by atoms with Crippen LogP contribution in [0.5, 0.6) is 40.2 Å². The summed E-state index contributed by atoms with van der Waals surface area (Å²) in [4.78, 5) is 14.1. The fourth-order valence-electron chi connectivity index (χ4n) is 14.6. The zero-order valence-electron chi connectivity index (χ0n) is 61.3. The molecule has 0 N–H and O–H groups in total. The molecule has 102 heavy (non-hydrogen) atoms. The summed E-state index contributed by atoms with van der Waals surface area (Å²) in [7, 11) is -11.6. The van der Waals surface area contributed by atoms with Gasteiger partial charge in [-0.1, -0.05) is 338 Å². The van der Waals surface area contributed by atoms with E-state index >= 15 is 0 Å². The highest BCUT2D eigenvalue weighted by Crippen LogP contribution is 2.46. The highest BCUT2D eigenvalue weighted by Gasteiger charge is 2.56. The van der Waals surface area contributed by atoms with Gasteiger partial charge in [0.25, 0.3) is 0 Å². The van der Waals surface area contributed by atoms with Crippen molar-refractivity contribution in [3.8, 4) is 40.2 Å². The Morgan fingerprint density at radius 1 is 0.324 bits per heavy atom. The van der Waals surface area contributed by atoms with Crippen molar-refractivity contribution >= 4 is 80.7 Å². The van der Waals surface area contributed by atoms with Crippen LogP contribution < -0.4 is 73.4 Å². The molecule has 0 aliphatic carbocycles. The average Bonchev–Trinajstić information content (AvgIpc) is 0.757. The highest BCUT2D eigenvalue weighted by atomic mass is 28.4. The lowest BCUT2D eigenvalue weighted by Crippen LogP contribution is -2.69. The van der Waals surface area contributed by atoms with Gasteiger partial charge in [-0.05, 0) is 109 Å². The van der Waals surface area contributed by atoms with Crippen molar-refractivity contribution in [2.24, 2.45) is 0 Å². The Morgan fingerprint density at radius 2 is 0.539 bits per heavy atom. The number of hydrogen-bond acceptors (Lipinski definition) is 9. The van der Waals surface area contributed by atoms with Crippen LogP contribution in [0.3, 0.4) is 0 Å². The van der Waals surface area contributed by atoms with E-state index in [4.69, 9.17) is 36.7 Å². The SMILES string of the molecule is C=CCOc1c(OCc2cc(O[Si](c3ccccc3)(c3ccccc3)C(C)(C)C)cc(O[Si](c3ccccc3)(c3ccccc3)C(C)(C)C)c2)cc(C(=O)OC)cc1OCc1cc(O[Si](c2ccccc2)(c2ccccc2)C(C)(C)C)cc(O[Si](c2ccccc2)(c2ccccc2)C(C)(C)C)c1. The number of carbonyl (C=O) groups excluding carboxylic acids is 1. The minimum absolute atomic E-state index is 0.0197. The normalized spacial score (nSPS) is 12.4. The molecule has 0 aromatic heterocycles. The summed E-state index contributed by atoms with van der Waals surface area (Å²) in [5, 5.41) is 7.47. The van der Waals surface area contributed by atoms with Crippen LogP contribution in [0.25, 0.3) is 0 Å². The summed E-state index contributed by atoms with van der Waals surface area (Å²) >= 11 is 0. The van der Waals surface area contributed by atoms with E-state index in [1.54, 1.807) is 18.2 Å². The van der Waals surface area contributed by atoms with Gasteiger partial charge in [-0.25, -0.2) is 4.79 Å². The largest absolute Gasteiger partial charge is 0.534 e. The van der Waals surface area contributed by atoms with E-state index in [1.807, 2.05) is 0 Å². The third-order valence-corrected chi connectivity index (χ3v) is 39.0. The maximum atomic E-state index is 14.1. The Balaban J connectivity index is 1.06. The maximum Gasteiger partial charge on any atom is 0.338 e. The molecule has 0 heterocycles. The molecular weight excluding hydrogens is 1330 g/mol. The Labute approximate surface area is 609 Å². The van der Waals surface area contributed by atoms with Gasteiger partial charge in [0.05, 0.1) is 12.7 Å². The molecule has 0 bridgehead atoms. The van der Waals surface area contributed by atoms with Crippen molar-refractivity contribution in [3.63, 3.8) is 0 Å². The lowest BCUT2D eigenvalue weighted by atomic mass is 10.1. The van der Waals surface area contributed by atoms with E-state index in [9.17, 15) is 4.79 Å². The maximum absolute atomic E-state index is 14.1. The first-order chi connectivity index (χ1) is 48.9. The molecular formula is C89H96O9Si4. The molecule has 13 heteroatoms. The number of ether oxygens (including phenoxy) is 4. The van der Waals surface area contributed by atoms with Crippen LogP contribution in [0, 0.1) is 0 Å². The Hall–Kier alpha value is -9.90. The quantitative estimate of drug-likeness (QED) is 0.0299. The first-order valence-electron chi connectivity index (χ1n) is 35.1. The highest BCUT2D eigenvalue weighted by molar-refractivity contribution is 7.02. The summed E-state index contributed by atoms with van der Waals surface area (Å²) in [5.41, 5.74) is 1.67. The number of carbonyl (C=O) groups is 1. The summed E-state index contributed by atoms with van der Waals surface area (Å²) in [6.45, 7) is 31.4. The molecule has 0 radical (unpaired) electrons. The van der Waals surface area contributed by atoms with Crippen LogP contribution in [-0.4, -0.2) is 53.0 Å². The molecule has 9 nitrogen and oxygen atoms in total. The Kier molecular flexibility index (Phi) is 22.1. The summed E-state index contributed by atoms with van der Waals surface area (Å²) in [6, 6.07) is 101. The fourth-order valence-corrected chi connectivity index (χ4v) is 32.2. The summed E-state index contributed by atoms with van der Waals surface area (Å²) < 4.78 is 58.0. The van der Waals surface area contributed by atoms with Crippen molar-refractivity contribution in [1.29, 1.82) is 0 Å². The second kappa shape index (κ2) is 30.7. The summed E-state index contributed by atoms with van der Waals surface area (Å²) in [5.74, 6) is 2.62. The van der Waals surface area contributed by atoms with Gasteiger partial charge in [-0.15, -0.1) is 0 Å². The van der Waals surface area contributed by atoms with Gasteiger partial charge in [0.15, 0.2) is 11.5 Å². The van der Waals surface area contributed by atoms with Crippen molar-refractivity contribution in [2.75, 3.05) is 13.7 Å². The fraction of sp³-hybridized carbons (Fsp3) is 0.225. The molecule has 0 unspecified atom stereocenters. The summed E-state index contributed by atoms with van der Waals surface area (Å²) in [6.07, 6.45) is 1.67. The molecule has 0 saturated carbocycles. The van der Waals surface area contributed by atoms with E-state index in [2.05, 4.69) is 369 Å². The molecule has 0 saturated heterocycles. The van der Waals surface area contributed by atoms with E-state index in [0.29, 0.717) is 23.0 Å². The predicted molar refractivity (Wildman–Crippen MR) is 428 cm³/mol. The van der Waals surface area contributed by atoms with Gasteiger partial charge in [-0.3, -0.25) is 0 Å². The van der Waals surface area contributed by atoms with E-state index in [1.165, 1.54) is 7.11 Å². The molecule has 0 spiro atoms. The predicted octanol–water partition coefficient (Wildman–Crippen LogP) is 17.0. The third-order valence-electron chi connectivity index (χ3n) is 19.2. The van der Waals surface area contributed by atoms with Gasteiger partial charge in [0.2, 0.25) is 5.75 Å². The topological polar surface area (TPSA) is 90.9 Å². The standard InChI is InChI=1S/C89H96O9Si4/c1-15-56-92-84-82(93-65-67-57-70(95-99(86(2,3)4,74-40-24-16-25-41-74)75-42-26-17-27-43-75)63-71(58-67)96-100(87(5,6)7,76-44-28-18-29-45-76)77-46-30-19-31-47-77)61-69(85(90)91-14)62-83(84)94-66-68-59-72(97-101(88(8,9)10,78-48-32-20-33-49-78)79-50-34-21-35-51-79)64-73(60-68)98-102(89(11,12)13,80-52-36-22-37-53-80)81-54-38-23-39-55-81/h15-55,57-64H,1,56,65-66H2,2-14H3. The van der Waals surface area contributed by atoms with E-state index < -0.39 is 39.2 Å². The van der Waals surface area contributed by atoms with Gasteiger partial charge >= 0.3 is 39.2 Å². The van der Waals surface area contributed by atoms with Crippen LogP contribution in [0.15, 0.2) is 304 Å². The van der Waals surface area contributed by atoms with Gasteiger partial charge < -0.3 is 36.7 Å². The Bertz CT molecular complexity index is 3900. The van der Waals surface area contributed by atoms with Crippen molar-refractivity contribution in [3.05, 3.63) is 321 Å². The molecule has 0 aliphatic rings. The van der Waals surface area contributed by atoms with E-state index in [-0.39, 0.29) is 62.8 Å². The lowest BCUT2D eigenvalue weighted by molar-refractivity contribution is 0.0599. The molecule has 11 aromatic carbocycles. The number of rotatable bonds is 26. The molecule has 0 amide bonds. The monoisotopic (exact) mass is 1420 g/mol. The second-order valence-electron chi connectivity index (χ2n) is 30.2. The minimum Gasteiger partial charge on any atom is -0.534 e. The van der Waals surface area contributed by atoms with Crippen LogP contribution in [-0.2, 0) is 18.0 Å². The zero-order chi connectivity index (χ0) is 72.4. The van der Waals surface area contributed by atoms with Crippen molar-refractivity contribution in [1.82, 2.24) is 0 Å². The van der Waals surface area contributed by atoms with Crippen LogP contribution >= 0.6 is 0 Å². The van der Waals surface area contributed by atoms with Crippen LogP contribution in [0.4, 0.5) is 0 Å². The van der Waals surface area contributed by atoms with Crippen LogP contribution in [0.2, 0.25) is 20.2 Å². The van der Waals surface area contributed by atoms with Crippen LogP contribution in [0.1, 0.15) is 105 Å². The number of methoxy groups -OCH3 is 1. The average molecular weight is 1420 g/mol. The molecule has 0 fully saturated rings. The number of hydrogen-bond donors (Lipinski definition) is 0. The third kappa shape index (κ3) is 15.0. The Morgan fingerprint density at radius 3 is 0.725 bits per heavy atom. The molecule has 0 atom stereocenters. The van der Waals surface area contributed by atoms with Crippen molar-refractivity contribution in [2.45, 2.75) is 116 Å². The van der Waals surface area contributed by atoms with Gasteiger partial charge in [-0.2, -0.15) is 0 Å². The number of esters is 1. The van der Waals surface area contributed by atoms with Gasteiger partial charge in [0, 0.05) is 12.1 Å². The first kappa shape index (κ1) is 73.3. The molecule has 0 aliphatic heterocycles. The molecule has 11 rings (SSSR count). The minimum atomic E-state index is -3.24. The van der Waals surface area contributed by atoms with Gasteiger partial charge in [0.1, 0.15) is 42.8 Å². The molecule has 522 valence electrons. The second-order valence-corrected chi connectivity index (χ2v) is 47.0. The smallest absolute Gasteiger partial charge is 0.338 e. The number of benzene rings is 11. The first-order valence-corrected chi connectivity index (χ1v) is 42.7.